The fourth-order valence-electron chi connectivity index (χ4n) is 3.28. The van der Waals surface area contributed by atoms with Crippen LogP contribution in [0, 0.1) is 6.92 Å². The number of phenolic OH excluding ortho intramolecular Hbond substituents is 1. The summed E-state index contributed by atoms with van der Waals surface area (Å²) >= 11 is 0. The molecule has 0 bridgehead atoms. The first-order valence-corrected chi connectivity index (χ1v) is 9.62. The SMILES string of the molecule is CC[NH+](CC)Cc1c(O)ccc2c(=O)c(Oc3cccc(C)c3)c(C(F)(F)F)oc12. The molecule has 2 N–H and O–H groups in total. The highest BCUT2D eigenvalue weighted by atomic mass is 19.4. The molecule has 0 aliphatic rings. The number of benzene rings is 2. The van der Waals surface area contributed by atoms with Crippen LogP contribution in [0.25, 0.3) is 11.0 Å². The van der Waals surface area contributed by atoms with E-state index in [9.17, 15) is 23.1 Å². The molecule has 5 nitrogen and oxygen atoms in total. The molecule has 0 aliphatic carbocycles. The van der Waals surface area contributed by atoms with Crippen LogP contribution in [0.2, 0.25) is 0 Å². The molecular formula is C22H23F3NO4+. The first-order valence-electron chi connectivity index (χ1n) is 9.62. The van der Waals surface area contributed by atoms with Crippen molar-refractivity contribution in [3.8, 4) is 17.2 Å². The Morgan fingerprint density at radius 1 is 1.13 bits per heavy atom. The van der Waals surface area contributed by atoms with Gasteiger partial charge in [0.1, 0.15) is 18.0 Å². The van der Waals surface area contributed by atoms with Gasteiger partial charge in [-0.15, -0.1) is 0 Å². The fourth-order valence-corrected chi connectivity index (χ4v) is 3.28. The molecule has 0 spiro atoms. The first kappa shape index (κ1) is 21.7. The number of rotatable bonds is 6. The Morgan fingerprint density at radius 3 is 2.43 bits per heavy atom. The highest BCUT2D eigenvalue weighted by Gasteiger charge is 2.41. The molecule has 3 aromatic rings. The molecule has 0 atom stereocenters. The second-order valence-corrected chi connectivity index (χ2v) is 7.08. The normalized spacial score (nSPS) is 12.0. The molecule has 0 amide bonds. The molecule has 0 unspecified atom stereocenters. The highest BCUT2D eigenvalue weighted by Crippen LogP contribution is 2.39. The zero-order valence-electron chi connectivity index (χ0n) is 16.9. The van der Waals surface area contributed by atoms with Gasteiger partial charge >= 0.3 is 6.18 Å². The van der Waals surface area contributed by atoms with E-state index in [4.69, 9.17) is 9.15 Å². The Hall–Kier alpha value is -3.00. The van der Waals surface area contributed by atoms with Crippen molar-refractivity contribution >= 4 is 11.0 Å². The number of alkyl halides is 3. The summed E-state index contributed by atoms with van der Waals surface area (Å²) in [6, 6.07) is 8.90. The van der Waals surface area contributed by atoms with Crippen LogP contribution in [0.1, 0.15) is 30.7 Å². The van der Waals surface area contributed by atoms with Crippen molar-refractivity contribution < 1.29 is 32.3 Å². The van der Waals surface area contributed by atoms with E-state index in [1.807, 2.05) is 13.8 Å². The molecule has 0 fully saturated rings. The molecule has 0 aliphatic heterocycles. The molecule has 0 radical (unpaired) electrons. The maximum atomic E-state index is 13.8. The highest BCUT2D eigenvalue weighted by molar-refractivity contribution is 5.83. The number of quaternary nitrogens is 1. The molecule has 30 heavy (non-hydrogen) atoms. The van der Waals surface area contributed by atoms with Crippen LogP contribution >= 0.6 is 0 Å². The first-order chi connectivity index (χ1) is 14.2. The lowest BCUT2D eigenvalue weighted by Gasteiger charge is -2.18. The van der Waals surface area contributed by atoms with Gasteiger partial charge in [-0.05, 0) is 50.6 Å². The van der Waals surface area contributed by atoms with E-state index in [1.54, 1.807) is 19.1 Å². The lowest BCUT2D eigenvalue weighted by Crippen LogP contribution is -3.10. The maximum Gasteiger partial charge on any atom is 0.453 e. The Balaban J connectivity index is 2.27. The van der Waals surface area contributed by atoms with Gasteiger partial charge in [0.25, 0.3) is 5.76 Å². The smallest absolute Gasteiger partial charge is 0.453 e. The minimum absolute atomic E-state index is 0.0787. The molecule has 160 valence electrons. The maximum absolute atomic E-state index is 13.8. The second kappa shape index (κ2) is 8.39. The van der Waals surface area contributed by atoms with Gasteiger partial charge in [0, 0.05) is 0 Å². The summed E-state index contributed by atoms with van der Waals surface area (Å²) in [5, 5.41) is 10.2. The Bertz CT molecular complexity index is 1120. The van der Waals surface area contributed by atoms with E-state index in [0.717, 1.165) is 10.5 Å². The van der Waals surface area contributed by atoms with E-state index in [-0.39, 0.29) is 34.6 Å². The zero-order chi connectivity index (χ0) is 22.1. The summed E-state index contributed by atoms with van der Waals surface area (Å²) in [7, 11) is 0. The van der Waals surface area contributed by atoms with Gasteiger partial charge in [0.15, 0.2) is 5.58 Å². The largest absolute Gasteiger partial charge is 0.507 e. The summed E-state index contributed by atoms with van der Waals surface area (Å²) in [5.74, 6) is -2.57. The van der Waals surface area contributed by atoms with Gasteiger partial charge in [-0.3, -0.25) is 4.79 Å². The van der Waals surface area contributed by atoms with Gasteiger partial charge in [0.2, 0.25) is 11.2 Å². The third kappa shape index (κ3) is 4.28. The van der Waals surface area contributed by atoms with Crippen molar-refractivity contribution in [3.05, 3.63) is 63.5 Å². The Morgan fingerprint density at radius 2 is 1.83 bits per heavy atom. The third-order valence-corrected chi connectivity index (χ3v) is 4.99. The van der Waals surface area contributed by atoms with Gasteiger partial charge in [-0.1, -0.05) is 12.1 Å². The van der Waals surface area contributed by atoms with Crippen LogP contribution in [-0.2, 0) is 12.7 Å². The molecule has 2 aromatic carbocycles. The predicted octanol–water partition coefficient (Wildman–Crippen LogP) is 4.04. The van der Waals surface area contributed by atoms with Crippen molar-refractivity contribution in [1.82, 2.24) is 0 Å². The summed E-state index contributed by atoms with van der Waals surface area (Å²) in [6.45, 7) is 7.20. The number of halogens is 3. The minimum atomic E-state index is -4.96. The van der Waals surface area contributed by atoms with Crippen molar-refractivity contribution in [2.75, 3.05) is 13.1 Å². The molecule has 0 saturated heterocycles. The van der Waals surface area contributed by atoms with Gasteiger partial charge in [0.05, 0.1) is 24.0 Å². The number of hydrogen-bond acceptors (Lipinski definition) is 4. The number of ether oxygens (including phenoxy) is 1. The Labute approximate surface area is 171 Å². The number of aromatic hydroxyl groups is 1. The molecule has 1 heterocycles. The molecular weight excluding hydrogens is 399 g/mol. The van der Waals surface area contributed by atoms with E-state index in [2.05, 4.69) is 0 Å². The molecule has 3 rings (SSSR count). The topological polar surface area (TPSA) is 64.1 Å². The summed E-state index contributed by atoms with van der Waals surface area (Å²) in [4.78, 5) is 14.0. The lowest BCUT2D eigenvalue weighted by molar-refractivity contribution is -0.910. The standard InChI is InChI=1S/C22H22F3NO4/c1-4-26(5-2)12-16-17(27)10-9-15-18(28)20(21(22(23,24)25)30-19(15)16)29-14-8-6-7-13(3)11-14/h6-11,27H,4-5,12H2,1-3H3/p+1. The predicted molar refractivity (Wildman–Crippen MR) is 106 cm³/mol. The monoisotopic (exact) mass is 422 g/mol. The van der Waals surface area contributed by atoms with Crippen molar-refractivity contribution in [2.24, 2.45) is 0 Å². The number of phenols is 1. The average Bonchev–Trinajstić information content (AvgIpc) is 2.68. The van der Waals surface area contributed by atoms with Crippen molar-refractivity contribution in [3.63, 3.8) is 0 Å². The Kier molecular flexibility index (Phi) is 6.07. The quantitative estimate of drug-likeness (QED) is 0.629. The third-order valence-electron chi connectivity index (χ3n) is 4.99. The van der Waals surface area contributed by atoms with E-state index >= 15 is 0 Å². The minimum Gasteiger partial charge on any atom is -0.507 e. The van der Waals surface area contributed by atoms with Crippen LogP contribution < -0.4 is 15.1 Å². The lowest BCUT2D eigenvalue weighted by atomic mass is 10.1. The summed E-state index contributed by atoms with van der Waals surface area (Å²) < 4.78 is 51.9. The molecule has 8 heteroatoms. The fraction of sp³-hybridized carbons (Fsp3) is 0.318. The van der Waals surface area contributed by atoms with E-state index in [1.165, 1.54) is 24.3 Å². The van der Waals surface area contributed by atoms with Crippen LogP contribution in [-0.4, -0.2) is 18.2 Å². The van der Waals surface area contributed by atoms with Crippen LogP contribution in [0.5, 0.6) is 17.2 Å². The average molecular weight is 422 g/mol. The van der Waals surface area contributed by atoms with Crippen molar-refractivity contribution in [2.45, 2.75) is 33.5 Å². The number of hydrogen-bond donors (Lipinski definition) is 2. The van der Waals surface area contributed by atoms with Gasteiger partial charge in [-0.25, -0.2) is 0 Å². The molecule has 0 saturated carbocycles. The summed E-state index contributed by atoms with van der Waals surface area (Å²) in [6.07, 6.45) is -4.96. The van der Waals surface area contributed by atoms with Crippen molar-refractivity contribution in [1.29, 1.82) is 0 Å². The van der Waals surface area contributed by atoms with Gasteiger partial charge in [-0.2, -0.15) is 13.2 Å². The zero-order valence-corrected chi connectivity index (χ0v) is 16.9. The van der Waals surface area contributed by atoms with Gasteiger partial charge < -0.3 is 19.2 Å². The van der Waals surface area contributed by atoms with Crippen LogP contribution in [0.4, 0.5) is 13.2 Å². The van der Waals surface area contributed by atoms with E-state index in [0.29, 0.717) is 13.1 Å². The second-order valence-electron chi connectivity index (χ2n) is 7.08. The molecule has 1 aromatic heterocycles. The summed E-state index contributed by atoms with van der Waals surface area (Å²) in [5.41, 5.74) is -0.291. The number of fused-ring (bicyclic) bond motifs is 1. The van der Waals surface area contributed by atoms with E-state index < -0.39 is 23.1 Å². The van der Waals surface area contributed by atoms with Crippen LogP contribution in [0.15, 0.2) is 45.6 Å². The number of aryl methyl sites for hydroxylation is 1. The number of nitrogens with one attached hydrogen (secondary N) is 1. The van der Waals surface area contributed by atoms with Crippen LogP contribution in [0.3, 0.4) is 0 Å².